The lowest BCUT2D eigenvalue weighted by Gasteiger charge is -2.19. The molecule has 0 aromatic heterocycles. The molecule has 128 valence electrons. The lowest BCUT2D eigenvalue weighted by atomic mass is 10.1. The van der Waals surface area contributed by atoms with Crippen LogP contribution in [0.3, 0.4) is 0 Å². The Hall–Kier alpha value is 0.310. The fraction of sp³-hybridized carbons (Fsp3) is 1.00. The van der Waals surface area contributed by atoms with E-state index in [1.54, 1.807) is 0 Å². The van der Waals surface area contributed by atoms with Gasteiger partial charge < -0.3 is 15.3 Å². The average Bonchev–Trinajstić information content (AvgIpc) is 2.53. The molecule has 0 radical (unpaired) electrons. The minimum absolute atomic E-state index is 0.0158. The number of aliphatic hydroxyl groups excluding tert-OH is 3. The maximum atomic E-state index is 9.28. The molecule has 0 aliphatic carbocycles. The van der Waals surface area contributed by atoms with Crippen molar-refractivity contribution in [1.82, 2.24) is 0 Å². The molecule has 3 N–H and O–H groups in total. The Bertz CT molecular complexity index is 200. The molecule has 0 spiro atoms. The number of hydrogen-bond donors (Lipinski definition) is 3. The predicted octanol–water partition coefficient (Wildman–Crippen LogP) is 4.55. The smallest absolute Gasteiger partial charge is 0.158 e. The summed E-state index contributed by atoms with van der Waals surface area (Å²) in [5.74, 6) is 0. The minimum atomic E-state index is -1.85. The SMILES string of the molecule is CCCCCCCCCCCCCC[P+](CO)(CO)CO. The van der Waals surface area contributed by atoms with E-state index in [1.807, 2.05) is 0 Å². The molecule has 21 heavy (non-hydrogen) atoms. The molecular weight excluding hydrogens is 283 g/mol. The Morgan fingerprint density at radius 2 is 0.857 bits per heavy atom. The fourth-order valence-corrected chi connectivity index (χ4v) is 4.22. The third kappa shape index (κ3) is 11.5. The van der Waals surface area contributed by atoms with E-state index in [2.05, 4.69) is 6.92 Å². The molecular formula is C17H38O3P+. The highest BCUT2D eigenvalue weighted by Crippen LogP contribution is 2.56. The molecule has 0 heterocycles. The van der Waals surface area contributed by atoms with Gasteiger partial charge in [0, 0.05) is 0 Å². The molecule has 0 aliphatic heterocycles. The van der Waals surface area contributed by atoms with E-state index in [4.69, 9.17) is 0 Å². The van der Waals surface area contributed by atoms with Gasteiger partial charge in [-0.2, -0.15) is 0 Å². The first-order valence-electron chi connectivity index (χ1n) is 8.92. The Balaban J connectivity index is 3.29. The lowest BCUT2D eigenvalue weighted by molar-refractivity contribution is 0.311. The molecule has 0 aliphatic rings. The van der Waals surface area contributed by atoms with Crippen LogP contribution in [0.2, 0.25) is 0 Å². The third-order valence-corrected chi connectivity index (χ3v) is 7.45. The molecule has 0 aromatic rings. The molecule has 0 unspecified atom stereocenters. The van der Waals surface area contributed by atoms with Crippen LogP contribution in [0.5, 0.6) is 0 Å². The van der Waals surface area contributed by atoms with Crippen LogP contribution in [0.25, 0.3) is 0 Å². The van der Waals surface area contributed by atoms with Gasteiger partial charge in [0.15, 0.2) is 19.0 Å². The summed E-state index contributed by atoms with van der Waals surface area (Å²) in [5.41, 5.74) is 0. The Morgan fingerprint density at radius 3 is 1.19 bits per heavy atom. The van der Waals surface area contributed by atoms with Crippen LogP contribution in [0.15, 0.2) is 0 Å². The van der Waals surface area contributed by atoms with Gasteiger partial charge in [-0.3, -0.25) is 0 Å². The molecule has 0 saturated heterocycles. The monoisotopic (exact) mass is 321 g/mol. The van der Waals surface area contributed by atoms with Crippen molar-refractivity contribution in [2.75, 3.05) is 25.2 Å². The Morgan fingerprint density at radius 1 is 0.524 bits per heavy atom. The molecule has 0 fully saturated rings. The predicted molar refractivity (Wildman–Crippen MR) is 94.1 cm³/mol. The zero-order valence-corrected chi connectivity index (χ0v) is 15.0. The normalized spacial score (nSPS) is 12.0. The molecule has 0 rings (SSSR count). The van der Waals surface area contributed by atoms with E-state index >= 15 is 0 Å². The summed E-state index contributed by atoms with van der Waals surface area (Å²) in [7, 11) is -1.85. The van der Waals surface area contributed by atoms with Gasteiger partial charge in [-0.15, -0.1) is 0 Å². The van der Waals surface area contributed by atoms with Crippen molar-refractivity contribution in [2.45, 2.75) is 84.0 Å². The first-order valence-corrected chi connectivity index (χ1v) is 11.5. The topological polar surface area (TPSA) is 60.7 Å². The summed E-state index contributed by atoms with van der Waals surface area (Å²) in [6, 6.07) is 0. The van der Waals surface area contributed by atoms with Gasteiger partial charge >= 0.3 is 0 Å². The summed E-state index contributed by atoms with van der Waals surface area (Å²) < 4.78 is 0. The molecule has 0 saturated carbocycles. The van der Waals surface area contributed by atoms with Crippen molar-refractivity contribution in [2.24, 2.45) is 0 Å². The summed E-state index contributed by atoms with van der Waals surface area (Å²) in [4.78, 5) is 0. The van der Waals surface area contributed by atoms with Crippen LogP contribution >= 0.6 is 7.26 Å². The highest BCUT2D eigenvalue weighted by molar-refractivity contribution is 7.75. The van der Waals surface area contributed by atoms with E-state index in [0.29, 0.717) is 0 Å². The average molecular weight is 321 g/mol. The Kier molecular flexibility index (Phi) is 15.4. The van der Waals surface area contributed by atoms with E-state index in [9.17, 15) is 15.3 Å². The molecule has 3 nitrogen and oxygen atoms in total. The van der Waals surface area contributed by atoms with Crippen molar-refractivity contribution in [3.63, 3.8) is 0 Å². The van der Waals surface area contributed by atoms with Crippen LogP contribution in [-0.4, -0.2) is 40.5 Å². The summed E-state index contributed by atoms with van der Waals surface area (Å²) in [6.45, 7) is 2.26. The lowest BCUT2D eigenvalue weighted by Crippen LogP contribution is -2.11. The summed E-state index contributed by atoms with van der Waals surface area (Å²) >= 11 is 0. The highest BCUT2D eigenvalue weighted by Gasteiger charge is 2.34. The van der Waals surface area contributed by atoms with Crippen LogP contribution in [-0.2, 0) is 0 Å². The van der Waals surface area contributed by atoms with Crippen LogP contribution in [0.1, 0.15) is 84.0 Å². The number of unbranched alkanes of at least 4 members (excludes halogenated alkanes) is 11. The summed E-state index contributed by atoms with van der Waals surface area (Å²) in [6.07, 6.45) is 16.6. The second-order valence-electron chi connectivity index (χ2n) is 6.38. The van der Waals surface area contributed by atoms with Gasteiger partial charge in [0.1, 0.15) is 0 Å². The largest absolute Gasteiger partial charge is 0.362 e. The Labute approximate surface area is 132 Å². The van der Waals surface area contributed by atoms with E-state index < -0.39 is 7.26 Å². The number of rotatable bonds is 16. The molecule has 0 bridgehead atoms. The van der Waals surface area contributed by atoms with E-state index in [-0.39, 0.29) is 19.0 Å². The zero-order chi connectivity index (χ0) is 15.8. The fourth-order valence-electron chi connectivity index (χ4n) is 2.63. The first kappa shape index (κ1) is 21.3. The van der Waals surface area contributed by atoms with Gasteiger partial charge in [0.05, 0.1) is 13.4 Å². The minimum Gasteiger partial charge on any atom is -0.362 e. The van der Waals surface area contributed by atoms with Gasteiger partial charge in [-0.1, -0.05) is 71.1 Å². The second kappa shape index (κ2) is 15.2. The van der Waals surface area contributed by atoms with Gasteiger partial charge in [0.2, 0.25) is 0 Å². The van der Waals surface area contributed by atoms with Gasteiger partial charge in [-0.25, -0.2) is 0 Å². The molecule has 0 amide bonds. The first-order chi connectivity index (χ1) is 10.2. The molecule has 0 aromatic carbocycles. The summed E-state index contributed by atoms with van der Waals surface area (Å²) in [5, 5.41) is 27.8. The standard InChI is InChI=1S/C17H38O3P/c1-2-3-4-5-6-7-8-9-10-11-12-13-14-21(15-18,16-19)17-20/h18-20H,2-17H2,1H3/q+1. The zero-order valence-electron chi connectivity index (χ0n) is 14.1. The maximum absolute atomic E-state index is 9.28. The van der Waals surface area contributed by atoms with Crippen molar-refractivity contribution in [3.8, 4) is 0 Å². The maximum Gasteiger partial charge on any atom is 0.158 e. The van der Waals surface area contributed by atoms with E-state index in [1.165, 1.54) is 64.2 Å². The number of hydrogen-bond acceptors (Lipinski definition) is 3. The van der Waals surface area contributed by atoms with Crippen LogP contribution in [0.4, 0.5) is 0 Å². The van der Waals surface area contributed by atoms with Crippen molar-refractivity contribution >= 4 is 7.26 Å². The number of aliphatic hydroxyl groups is 3. The van der Waals surface area contributed by atoms with Crippen LogP contribution in [0, 0.1) is 0 Å². The third-order valence-electron chi connectivity index (χ3n) is 4.39. The highest BCUT2D eigenvalue weighted by atomic mass is 31.2. The van der Waals surface area contributed by atoms with Crippen LogP contribution < -0.4 is 0 Å². The molecule has 0 atom stereocenters. The molecule has 4 heteroatoms. The van der Waals surface area contributed by atoms with Crippen molar-refractivity contribution in [1.29, 1.82) is 0 Å². The van der Waals surface area contributed by atoms with Gasteiger partial charge in [0.25, 0.3) is 0 Å². The van der Waals surface area contributed by atoms with E-state index in [0.717, 1.165) is 19.0 Å². The second-order valence-corrected chi connectivity index (χ2v) is 10.4. The van der Waals surface area contributed by atoms with Crippen molar-refractivity contribution in [3.05, 3.63) is 0 Å². The van der Waals surface area contributed by atoms with Crippen molar-refractivity contribution < 1.29 is 15.3 Å². The van der Waals surface area contributed by atoms with Gasteiger partial charge in [-0.05, 0) is 12.8 Å². The quantitative estimate of drug-likeness (QED) is 0.288.